The van der Waals surface area contributed by atoms with E-state index in [0.717, 1.165) is 0 Å². The maximum Gasteiger partial charge on any atom is 0.271 e. The third-order valence-corrected chi connectivity index (χ3v) is 1.92. The van der Waals surface area contributed by atoms with Crippen LogP contribution in [0.4, 0.5) is 0 Å². The van der Waals surface area contributed by atoms with Crippen LogP contribution in [0.1, 0.15) is 16.9 Å². The van der Waals surface area contributed by atoms with Crippen LogP contribution in [0.15, 0.2) is 18.6 Å². The molecule has 6 nitrogen and oxygen atoms in total. The molecular formula is C10H15N3O3. The SMILES string of the molecule is COCC(O)CCNC(=O)c1cnccn1. The topological polar surface area (TPSA) is 84.3 Å². The minimum Gasteiger partial charge on any atom is -0.391 e. The number of amides is 1. The Kier molecular flexibility index (Phi) is 5.38. The van der Waals surface area contributed by atoms with Gasteiger partial charge >= 0.3 is 0 Å². The molecule has 0 saturated carbocycles. The van der Waals surface area contributed by atoms with Crippen molar-refractivity contribution < 1.29 is 14.6 Å². The van der Waals surface area contributed by atoms with Gasteiger partial charge in [0, 0.05) is 26.0 Å². The summed E-state index contributed by atoms with van der Waals surface area (Å²) < 4.78 is 4.76. The van der Waals surface area contributed by atoms with Crippen molar-refractivity contribution in [2.24, 2.45) is 0 Å². The van der Waals surface area contributed by atoms with E-state index in [1.54, 1.807) is 0 Å². The Morgan fingerprint density at radius 2 is 2.44 bits per heavy atom. The molecule has 1 unspecified atom stereocenters. The molecule has 6 heteroatoms. The lowest BCUT2D eigenvalue weighted by Crippen LogP contribution is -2.29. The summed E-state index contributed by atoms with van der Waals surface area (Å²) in [5, 5.41) is 12.0. The predicted molar refractivity (Wildman–Crippen MR) is 56.9 cm³/mol. The third kappa shape index (κ3) is 4.33. The summed E-state index contributed by atoms with van der Waals surface area (Å²) in [5.74, 6) is -0.294. The standard InChI is InChI=1S/C10H15N3O3/c1-16-7-8(14)2-3-13-10(15)9-6-11-4-5-12-9/h4-6,8,14H,2-3,7H2,1H3,(H,13,15). The molecule has 1 aromatic heterocycles. The first-order chi connectivity index (χ1) is 7.74. The van der Waals surface area contributed by atoms with Crippen molar-refractivity contribution in [2.75, 3.05) is 20.3 Å². The number of ether oxygens (including phenoxy) is 1. The molecule has 0 aliphatic heterocycles. The second kappa shape index (κ2) is 6.86. The first-order valence-corrected chi connectivity index (χ1v) is 4.95. The number of hydrogen-bond acceptors (Lipinski definition) is 5. The van der Waals surface area contributed by atoms with E-state index < -0.39 is 6.10 Å². The molecule has 0 spiro atoms. The van der Waals surface area contributed by atoms with Crippen molar-refractivity contribution in [1.82, 2.24) is 15.3 Å². The van der Waals surface area contributed by atoms with Gasteiger partial charge < -0.3 is 15.2 Å². The Morgan fingerprint density at radius 3 is 3.06 bits per heavy atom. The van der Waals surface area contributed by atoms with E-state index in [9.17, 15) is 9.90 Å². The number of aromatic nitrogens is 2. The lowest BCUT2D eigenvalue weighted by atomic mass is 10.2. The molecule has 88 valence electrons. The number of aliphatic hydroxyl groups excluding tert-OH is 1. The van der Waals surface area contributed by atoms with E-state index in [4.69, 9.17) is 4.74 Å². The largest absolute Gasteiger partial charge is 0.391 e. The minimum atomic E-state index is -0.563. The molecule has 0 aliphatic rings. The van der Waals surface area contributed by atoms with Gasteiger partial charge in [0.25, 0.3) is 5.91 Å². The zero-order valence-electron chi connectivity index (χ0n) is 9.09. The number of hydrogen-bond donors (Lipinski definition) is 2. The number of rotatable bonds is 6. The van der Waals surface area contributed by atoms with Crippen molar-refractivity contribution in [2.45, 2.75) is 12.5 Å². The average molecular weight is 225 g/mol. The summed E-state index contributed by atoms with van der Waals surface area (Å²) in [7, 11) is 1.52. The molecule has 2 N–H and O–H groups in total. The third-order valence-electron chi connectivity index (χ3n) is 1.92. The maximum atomic E-state index is 11.5. The van der Waals surface area contributed by atoms with Crippen LogP contribution in [0.2, 0.25) is 0 Å². The summed E-state index contributed by atoms with van der Waals surface area (Å²) in [6, 6.07) is 0. The Morgan fingerprint density at radius 1 is 1.62 bits per heavy atom. The Labute approximate surface area is 93.7 Å². The number of carbonyl (C=O) groups excluding carboxylic acids is 1. The minimum absolute atomic E-state index is 0.265. The van der Waals surface area contributed by atoms with Crippen LogP contribution in [0, 0.1) is 0 Å². The summed E-state index contributed by atoms with van der Waals surface area (Å²) in [6.07, 6.45) is 4.22. The van der Waals surface area contributed by atoms with Crippen LogP contribution >= 0.6 is 0 Å². The van der Waals surface area contributed by atoms with Crippen LogP contribution in [-0.2, 0) is 4.74 Å². The fourth-order valence-corrected chi connectivity index (χ4v) is 1.13. The monoisotopic (exact) mass is 225 g/mol. The van der Waals surface area contributed by atoms with E-state index in [1.165, 1.54) is 25.7 Å². The fraction of sp³-hybridized carbons (Fsp3) is 0.500. The van der Waals surface area contributed by atoms with E-state index in [2.05, 4.69) is 15.3 Å². The van der Waals surface area contributed by atoms with E-state index in [-0.39, 0.29) is 18.2 Å². The van der Waals surface area contributed by atoms with E-state index in [1.807, 2.05) is 0 Å². The summed E-state index contributed by atoms with van der Waals surface area (Å²) in [6.45, 7) is 0.640. The molecule has 16 heavy (non-hydrogen) atoms. The van der Waals surface area contributed by atoms with Gasteiger partial charge in [0.1, 0.15) is 5.69 Å². The number of aliphatic hydroxyl groups is 1. The molecule has 1 heterocycles. The quantitative estimate of drug-likeness (QED) is 0.688. The highest BCUT2D eigenvalue weighted by atomic mass is 16.5. The van der Waals surface area contributed by atoms with Crippen LogP contribution in [0.25, 0.3) is 0 Å². The lowest BCUT2D eigenvalue weighted by Gasteiger charge is -2.09. The van der Waals surface area contributed by atoms with Gasteiger partial charge in [-0.25, -0.2) is 4.98 Å². The van der Waals surface area contributed by atoms with Crippen LogP contribution < -0.4 is 5.32 Å². The summed E-state index contributed by atoms with van der Waals surface area (Å²) >= 11 is 0. The van der Waals surface area contributed by atoms with Crippen molar-refractivity contribution in [3.05, 3.63) is 24.3 Å². The van der Waals surface area contributed by atoms with Gasteiger partial charge in [-0.3, -0.25) is 9.78 Å². The fourth-order valence-electron chi connectivity index (χ4n) is 1.13. The molecule has 1 aromatic rings. The van der Waals surface area contributed by atoms with Crippen LogP contribution in [-0.4, -0.2) is 47.3 Å². The molecule has 0 bridgehead atoms. The van der Waals surface area contributed by atoms with Crippen molar-refractivity contribution in [3.63, 3.8) is 0 Å². The molecule has 0 radical (unpaired) electrons. The van der Waals surface area contributed by atoms with Gasteiger partial charge in [0.05, 0.1) is 18.9 Å². The van der Waals surface area contributed by atoms with Crippen molar-refractivity contribution in [1.29, 1.82) is 0 Å². The Balaban J connectivity index is 2.26. The first kappa shape index (κ1) is 12.5. The number of carbonyl (C=O) groups is 1. The van der Waals surface area contributed by atoms with Gasteiger partial charge in [0.2, 0.25) is 0 Å². The average Bonchev–Trinajstić information content (AvgIpc) is 2.30. The normalized spacial score (nSPS) is 12.1. The number of nitrogens with one attached hydrogen (secondary N) is 1. The zero-order valence-corrected chi connectivity index (χ0v) is 9.09. The molecule has 0 aromatic carbocycles. The second-order valence-electron chi connectivity index (χ2n) is 3.24. The maximum absolute atomic E-state index is 11.5. The van der Waals surface area contributed by atoms with Crippen LogP contribution in [0.3, 0.4) is 0 Å². The summed E-state index contributed by atoms with van der Waals surface area (Å²) in [5.41, 5.74) is 0.267. The Hall–Kier alpha value is -1.53. The molecule has 0 aliphatic carbocycles. The molecule has 1 amide bonds. The summed E-state index contributed by atoms with van der Waals surface area (Å²) in [4.78, 5) is 19.1. The van der Waals surface area contributed by atoms with E-state index >= 15 is 0 Å². The van der Waals surface area contributed by atoms with Gasteiger partial charge in [-0.2, -0.15) is 0 Å². The van der Waals surface area contributed by atoms with Crippen molar-refractivity contribution >= 4 is 5.91 Å². The zero-order chi connectivity index (χ0) is 11.8. The molecule has 1 rings (SSSR count). The second-order valence-corrected chi connectivity index (χ2v) is 3.24. The highest BCUT2D eigenvalue weighted by molar-refractivity contribution is 5.91. The van der Waals surface area contributed by atoms with E-state index in [0.29, 0.717) is 13.0 Å². The highest BCUT2D eigenvalue weighted by Crippen LogP contribution is 1.93. The predicted octanol–water partition coefficient (Wildman–Crippen LogP) is -0.396. The Bertz CT molecular complexity index is 318. The highest BCUT2D eigenvalue weighted by Gasteiger charge is 2.07. The van der Waals surface area contributed by atoms with Gasteiger partial charge in [-0.05, 0) is 6.42 Å². The molecular weight excluding hydrogens is 210 g/mol. The number of nitrogens with zero attached hydrogens (tertiary/aromatic N) is 2. The smallest absolute Gasteiger partial charge is 0.271 e. The van der Waals surface area contributed by atoms with Crippen molar-refractivity contribution in [3.8, 4) is 0 Å². The van der Waals surface area contributed by atoms with Gasteiger partial charge in [-0.1, -0.05) is 0 Å². The molecule has 1 atom stereocenters. The van der Waals surface area contributed by atoms with Crippen LogP contribution in [0.5, 0.6) is 0 Å². The van der Waals surface area contributed by atoms with Gasteiger partial charge in [0.15, 0.2) is 0 Å². The first-order valence-electron chi connectivity index (χ1n) is 4.95. The van der Waals surface area contributed by atoms with Gasteiger partial charge in [-0.15, -0.1) is 0 Å². The molecule has 0 saturated heterocycles. The number of methoxy groups -OCH3 is 1. The molecule has 0 fully saturated rings. The lowest BCUT2D eigenvalue weighted by molar-refractivity contribution is 0.0587.